The van der Waals surface area contributed by atoms with Gasteiger partial charge in [0.05, 0.1) is 5.56 Å². The highest BCUT2D eigenvalue weighted by Gasteiger charge is 2.29. The summed E-state index contributed by atoms with van der Waals surface area (Å²) in [5.74, 6) is 0.622. The molecule has 1 unspecified atom stereocenters. The van der Waals surface area contributed by atoms with Crippen LogP contribution < -0.4 is 0 Å². The van der Waals surface area contributed by atoms with Crippen molar-refractivity contribution in [1.29, 1.82) is 0 Å². The molecule has 2 rings (SSSR count). The second-order valence-electron chi connectivity index (χ2n) is 5.20. The van der Waals surface area contributed by atoms with Gasteiger partial charge in [-0.15, -0.1) is 0 Å². The van der Waals surface area contributed by atoms with Gasteiger partial charge in [0, 0.05) is 29.5 Å². The Morgan fingerprint density at radius 3 is 2.89 bits per heavy atom. The molecule has 1 aliphatic heterocycles. The quantitative estimate of drug-likeness (QED) is 0.837. The predicted molar refractivity (Wildman–Crippen MR) is 75.5 cm³/mol. The van der Waals surface area contributed by atoms with Gasteiger partial charge in [0.1, 0.15) is 0 Å². The molecule has 0 radical (unpaired) electrons. The zero-order chi connectivity index (χ0) is 13.1. The molecule has 1 aromatic rings. The van der Waals surface area contributed by atoms with Crippen molar-refractivity contribution in [3.8, 4) is 0 Å². The van der Waals surface area contributed by atoms with Crippen LogP contribution in [-0.4, -0.2) is 28.4 Å². The molecule has 1 atom stereocenters. The maximum absolute atomic E-state index is 12.5. The average Bonchev–Trinajstić information content (AvgIpc) is 2.38. The van der Waals surface area contributed by atoms with Crippen molar-refractivity contribution in [1.82, 2.24) is 9.88 Å². The Bertz CT molecular complexity index is 434. The van der Waals surface area contributed by atoms with Gasteiger partial charge in [0.25, 0.3) is 5.91 Å². The molecule has 1 saturated heterocycles. The molecule has 98 valence electrons. The van der Waals surface area contributed by atoms with Crippen LogP contribution in [0.5, 0.6) is 0 Å². The molecule has 3 nitrogen and oxygen atoms in total. The molecule has 4 heteroatoms. The Kier molecular flexibility index (Phi) is 4.38. The molecule has 0 aromatic carbocycles. The van der Waals surface area contributed by atoms with E-state index in [9.17, 15) is 4.79 Å². The Morgan fingerprint density at radius 2 is 2.22 bits per heavy atom. The zero-order valence-corrected chi connectivity index (χ0v) is 12.5. The molecule has 1 amide bonds. The van der Waals surface area contributed by atoms with Crippen LogP contribution in [0.2, 0.25) is 0 Å². The normalized spacial score (nSPS) is 20.2. The minimum atomic E-state index is 0.113. The summed E-state index contributed by atoms with van der Waals surface area (Å²) in [4.78, 5) is 18.6. The standard InChI is InChI=1S/C14H19BrN2O/c1-10(2)13-5-3-4-6-17(13)14(18)11-7-12(15)9-16-8-11/h7-10,13H,3-6H2,1-2H3. The van der Waals surface area contributed by atoms with Crippen molar-refractivity contribution < 1.29 is 4.79 Å². The summed E-state index contributed by atoms with van der Waals surface area (Å²) in [6.07, 6.45) is 6.80. The molecule has 0 spiro atoms. The lowest BCUT2D eigenvalue weighted by Gasteiger charge is -2.38. The monoisotopic (exact) mass is 310 g/mol. The van der Waals surface area contributed by atoms with Crippen LogP contribution in [0, 0.1) is 5.92 Å². The molecule has 0 bridgehead atoms. The van der Waals surface area contributed by atoms with Gasteiger partial charge in [-0.3, -0.25) is 9.78 Å². The molecule has 1 aliphatic rings. The Labute approximate surface area is 117 Å². The van der Waals surface area contributed by atoms with E-state index in [0.29, 0.717) is 17.5 Å². The highest BCUT2D eigenvalue weighted by atomic mass is 79.9. The van der Waals surface area contributed by atoms with Gasteiger partial charge in [0.2, 0.25) is 0 Å². The van der Waals surface area contributed by atoms with Gasteiger partial charge >= 0.3 is 0 Å². The van der Waals surface area contributed by atoms with Gasteiger partial charge in [-0.25, -0.2) is 0 Å². The number of hydrogen-bond donors (Lipinski definition) is 0. The van der Waals surface area contributed by atoms with Crippen LogP contribution in [-0.2, 0) is 0 Å². The zero-order valence-electron chi connectivity index (χ0n) is 10.9. The van der Waals surface area contributed by atoms with Gasteiger partial charge < -0.3 is 4.90 Å². The van der Waals surface area contributed by atoms with E-state index in [0.717, 1.165) is 23.9 Å². The first-order chi connectivity index (χ1) is 8.59. The summed E-state index contributed by atoms with van der Waals surface area (Å²) in [6.45, 7) is 5.25. The van der Waals surface area contributed by atoms with E-state index < -0.39 is 0 Å². The minimum absolute atomic E-state index is 0.113. The van der Waals surface area contributed by atoms with Crippen LogP contribution in [0.1, 0.15) is 43.5 Å². The molecule has 0 saturated carbocycles. The average molecular weight is 311 g/mol. The maximum Gasteiger partial charge on any atom is 0.255 e. The predicted octanol–water partition coefficient (Wildman–Crippen LogP) is 3.49. The van der Waals surface area contributed by atoms with E-state index >= 15 is 0 Å². The summed E-state index contributed by atoms with van der Waals surface area (Å²) < 4.78 is 0.853. The van der Waals surface area contributed by atoms with E-state index in [1.165, 1.54) is 6.42 Å². The molecule has 0 N–H and O–H groups in total. The summed E-state index contributed by atoms with van der Waals surface area (Å²) in [6, 6.07) is 2.21. The van der Waals surface area contributed by atoms with Crippen molar-refractivity contribution in [2.24, 2.45) is 5.92 Å². The minimum Gasteiger partial charge on any atom is -0.335 e. The molecule has 1 fully saturated rings. The van der Waals surface area contributed by atoms with Gasteiger partial charge in [-0.1, -0.05) is 13.8 Å². The third-order valence-electron chi connectivity index (χ3n) is 3.53. The second kappa shape index (κ2) is 5.83. The highest BCUT2D eigenvalue weighted by Crippen LogP contribution is 2.25. The number of pyridine rings is 1. The largest absolute Gasteiger partial charge is 0.335 e. The third kappa shape index (κ3) is 2.91. The summed E-state index contributed by atoms with van der Waals surface area (Å²) >= 11 is 3.37. The number of carbonyl (C=O) groups excluding carboxylic acids is 1. The van der Waals surface area contributed by atoms with E-state index in [4.69, 9.17) is 0 Å². The number of piperidine rings is 1. The van der Waals surface area contributed by atoms with Crippen LogP contribution in [0.3, 0.4) is 0 Å². The van der Waals surface area contributed by atoms with Crippen molar-refractivity contribution in [2.75, 3.05) is 6.54 Å². The van der Waals surface area contributed by atoms with Crippen LogP contribution >= 0.6 is 15.9 Å². The number of nitrogens with zero attached hydrogens (tertiary/aromatic N) is 2. The number of amides is 1. The fourth-order valence-corrected chi connectivity index (χ4v) is 2.96. The van der Waals surface area contributed by atoms with Gasteiger partial charge in [-0.2, -0.15) is 0 Å². The van der Waals surface area contributed by atoms with Crippen molar-refractivity contribution in [3.05, 3.63) is 28.5 Å². The van der Waals surface area contributed by atoms with Gasteiger partial charge in [0.15, 0.2) is 0 Å². The highest BCUT2D eigenvalue weighted by molar-refractivity contribution is 9.10. The fraction of sp³-hybridized carbons (Fsp3) is 0.571. The Hall–Kier alpha value is -0.900. The fourth-order valence-electron chi connectivity index (χ4n) is 2.60. The number of carbonyl (C=O) groups is 1. The van der Waals surface area contributed by atoms with Crippen LogP contribution in [0.4, 0.5) is 0 Å². The second-order valence-corrected chi connectivity index (χ2v) is 6.11. The molecular weight excluding hydrogens is 292 g/mol. The van der Waals surface area contributed by atoms with Crippen LogP contribution in [0.25, 0.3) is 0 Å². The summed E-state index contributed by atoms with van der Waals surface area (Å²) in [7, 11) is 0. The van der Waals surface area contributed by atoms with E-state index in [-0.39, 0.29) is 5.91 Å². The lowest BCUT2D eigenvalue weighted by atomic mass is 9.92. The molecule has 2 heterocycles. The molecule has 18 heavy (non-hydrogen) atoms. The number of aromatic nitrogens is 1. The van der Waals surface area contributed by atoms with Gasteiger partial charge in [-0.05, 0) is 47.2 Å². The first-order valence-electron chi connectivity index (χ1n) is 6.51. The summed E-state index contributed by atoms with van der Waals surface area (Å²) in [5, 5.41) is 0. The Morgan fingerprint density at radius 1 is 1.44 bits per heavy atom. The number of likely N-dealkylation sites (tertiary alicyclic amines) is 1. The van der Waals surface area contributed by atoms with Crippen molar-refractivity contribution in [3.63, 3.8) is 0 Å². The van der Waals surface area contributed by atoms with Crippen molar-refractivity contribution >= 4 is 21.8 Å². The SMILES string of the molecule is CC(C)C1CCCCN1C(=O)c1cncc(Br)c1. The van der Waals surface area contributed by atoms with Crippen molar-refractivity contribution in [2.45, 2.75) is 39.2 Å². The lowest BCUT2D eigenvalue weighted by molar-refractivity contribution is 0.0542. The third-order valence-corrected chi connectivity index (χ3v) is 3.97. The first-order valence-corrected chi connectivity index (χ1v) is 7.30. The first kappa shape index (κ1) is 13.5. The van der Waals surface area contributed by atoms with Crippen LogP contribution in [0.15, 0.2) is 22.9 Å². The lowest BCUT2D eigenvalue weighted by Crippen LogP contribution is -2.46. The number of halogens is 1. The van der Waals surface area contributed by atoms with E-state index in [1.807, 2.05) is 11.0 Å². The smallest absolute Gasteiger partial charge is 0.255 e. The molecule has 1 aromatic heterocycles. The van der Waals surface area contributed by atoms with E-state index in [2.05, 4.69) is 34.8 Å². The number of rotatable bonds is 2. The Balaban J connectivity index is 2.21. The van der Waals surface area contributed by atoms with E-state index in [1.54, 1.807) is 12.4 Å². The topological polar surface area (TPSA) is 33.2 Å². The summed E-state index contributed by atoms with van der Waals surface area (Å²) in [5.41, 5.74) is 0.678. The maximum atomic E-state index is 12.5. The molecular formula is C14H19BrN2O. The number of hydrogen-bond acceptors (Lipinski definition) is 2. The molecule has 0 aliphatic carbocycles.